The predicted molar refractivity (Wildman–Crippen MR) is 79.3 cm³/mol. The summed E-state index contributed by atoms with van der Waals surface area (Å²) in [5.41, 5.74) is -0.289. The van der Waals surface area contributed by atoms with Gasteiger partial charge in [-0.15, -0.1) is 0 Å². The summed E-state index contributed by atoms with van der Waals surface area (Å²) in [5, 5.41) is 0. The minimum atomic E-state index is -4.37. The van der Waals surface area contributed by atoms with Gasteiger partial charge in [0.25, 0.3) is 0 Å². The monoisotopic (exact) mass is 313 g/mol. The van der Waals surface area contributed by atoms with Crippen molar-refractivity contribution in [2.45, 2.75) is 51.2 Å². The van der Waals surface area contributed by atoms with Crippen molar-refractivity contribution in [3.63, 3.8) is 0 Å². The lowest BCUT2D eigenvalue weighted by atomic mass is 9.86. The second kappa shape index (κ2) is 6.71. The number of rotatable bonds is 3. The van der Waals surface area contributed by atoms with Crippen molar-refractivity contribution in [3.8, 4) is 0 Å². The van der Waals surface area contributed by atoms with E-state index in [4.69, 9.17) is 0 Å². The minimum Gasteiger partial charge on any atom is -0.342 e. The van der Waals surface area contributed by atoms with E-state index < -0.39 is 11.7 Å². The van der Waals surface area contributed by atoms with Crippen LogP contribution in [0.2, 0.25) is 0 Å². The first kappa shape index (κ1) is 16.8. The number of nitrogens with zero attached hydrogens (tertiary/aromatic N) is 1. The summed E-state index contributed by atoms with van der Waals surface area (Å²) in [6.45, 7) is 2.21. The van der Waals surface area contributed by atoms with E-state index in [9.17, 15) is 18.0 Å². The third kappa shape index (κ3) is 4.24. The highest BCUT2D eigenvalue weighted by Gasteiger charge is 2.31. The first-order valence-electron chi connectivity index (χ1n) is 7.69. The Labute approximate surface area is 129 Å². The summed E-state index contributed by atoms with van der Waals surface area (Å²) < 4.78 is 38.1. The average Bonchev–Trinajstić information content (AvgIpc) is 2.46. The van der Waals surface area contributed by atoms with Gasteiger partial charge in [0.15, 0.2) is 0 Å². The SMILES string of the molecule is CC1CCC(N(C)C(=O)Cc2cccc(C(F)(F)F)c2)CC1. The van der Waals surface area contributed by atoms with E-state index in [2.05, 4.69) is 6.92 Å². The smallest absolute Gasteiger partial charge is 0.342 e. The Hall–Kier alpha value is -1.52. The third-order valence-electron chi connectivity index (χ3n) is 4.54. The first-order valence-corrected chi connectivity index (χ1v) is 7.69. The Morgan fingerprint density at radius 3 is 2.45 bits per heavy atom. The van der Waals surface area contributed by atoms with Crippen LogP contribution in [0, 0.1) is 5.92 Å². The van der Waals surface area contributed by atoms with Crippen molar-refractivity contribution in [1.82, 2.24) is 4.90 Å². The zero-order chi connectivity index (χ0) is 16.3. The van der Waals surface area contributed by atoms with E-state index in [0.717, 1.165) is 37.8 Å². The van der Waals surface area contributed by atoms with Crippen LogP contribution in [-0.4, -0.2) is 23.9 Å². The normalized spacial score (nSPS) is 22.4. The summed E-state index contributed by atoms with van der Waals surface area (Å²) in [7, 11) is 1.76. The molecule has 1 aromatic carbocycles. The number of carbonyl (C=O) groups excluding carboxylic acids is 1. The maximum absolute atomic E-state index is 12.7. The predicted octanol–water partition coefficient (Wildman–Crippen LogP) is 4.29. The zero-order valence-electron chi connectivity index (χ0n) is 13.0. The van der Waals surface area contributed by atoms with Crippen LogP contribution < -0.4 is 0 Å². The van der Waals surface area contributed by atoms with E-state index in [0.29, 0.717) is 11.5 Å². The van der Waals surface area contributed by atoms with Crippen molar-refractivity contribution >= 4 is 5.91 Å². The molecule has 0 unspecified atom stereocenters. The largest absolute Gasteiger partial charge is 0.416 e. The molecule has 0 aromatic heterocycles. The van der Waals surface area contributed by atoms with Crippen LogP contribution in [0.1, 0.15) is 43.7 Å². The van der Waals surface area contributed by atoms with Crippen LogP contribution in [0.4, 0.5) is 13.2 Å². The van der Waals surface area contributed by atoms with E-state index in [1.165, 1.54) is 6.07 Å². The van der Waals surface area contributed by atoms with Gasteiger partial charge in [-0.2, -0.15) is 13.2 Å². The van der Waals surface area contributed by atoms with Gasteiger partial charge in [-0.3, -0.25) is 4.79 Å². The molecule has 0 bridgehead atoms. The zero-order valence-corrected chi connectivity index (χ0v) is 13.0. The number of hydrogen-bond donors (Lipinski definition) is 0. The molecule has 22 heavy (non-hydrogen) atoms. The lowest BCUT2D eigenvalue weighted by molar-refractivity contribution is -0.138. The molecule has 1 aliphatic carbocycles. The fourth-order valence-corrected chi connectivity index (χ4v) is 2.99. The molecule has 0 aliphatic heterocycles. The summed E-state index contributed by atoms with van der Waals surface area (Å²) in [6.07, 6.45) is -0.188. The van der Waals surface area contributed by atoms with Gasteiger partial charge in [-0.25, -0.2) is 0 Å². The van der Waals surface area contributed by atoms with E-state index in [-0.39, 0.29) is 18.4 Å². The molecule has 1 fully saturated rings. The van der Waals surface area contributed by atoms with Crippen molar-refractivity contribution in [1.29, 1.82) is 0 Å². The van der Waals surface area contributed by atoms with E-state index in [1.807, 2.05) is 0 Å². The first-order chi connectivity index (χ1) is 10.3. The number of likely N-dealkylation sites (N-methyl/N-ethyl adjacent to an activating group) is 1. The molecule has 2 nitrogen and oxygen atoms in total. The maximum atomic E-state index is 12.7. The fourth-order valence-electron chi connectivity index (χ4n) is 2.99. The molecular weight excluding hydrogens is 291 g/mol. The summed E-state index contributed by atoms with van der Waals surface area (Å²) in [5.74, 6) is 0.585. The Balaban J connectivity index is 1.99. The molecule has 0 heterocycles. The van der Waals surface area contributed by atoms with E-state index >= 15 is 0 Å². The van der Waals surface area contributed by atoms with Gasteiger partial charge in [-0.1, -0.05) is 25.1 Å². The quantitative estimate of drug-likeness (QED) is 0.815. The van der Waals surface area contributed by atoms with Crippen molar-refractivity contribution in [2.75, 3.05) is 7.05 Å². The van der Waals surface area contributed by atoms with Crippen molar-refractivity contribution in [3.05, 3.63) is 35.4 Å². The molecule has 0 spiro atoms. The summed E-state index contributed by atoms with van der Waals surface area (Å²) >= 11 is 0. The number of benzene rings is 1. The molecule has 0 radical (unpaired) electrons. The molecule has 1 saturated carbocycles. The molecular formula is C17H22F3NO. The van der Waals surface area contributed by atoms with Crippen LogP contribution in [-0.2, 0) is 17.4 Å². The molecule has 0 N–H and O–H groups in total. The Bertz CT molecular complexity index is 519. The molecule has 0 saturated heterocycles. The van der Waals surface area contributed by atoms with Crippen LogP contribution in [0.15, 0.2) is 24.3 Å². The number of carbonyl (C=O) groups is 1. The number of amides is 1. The standard InChI is InChI=1S/C17H22F3NO/c1-12-6-8-15(9-7-12)21(2)16(22)11-13-4-3-5-14(10-13)17(18,19)20/h3-5,10,12,15H,6-9,11H2,1-2H3. The van der Waals surface area contributed by atoms with Gasteiger partial charge in [0.1, 0.15) is 0 Å². The van der Waals surface area contributed by atoms with Gasteiger partial charge in [0.05, 0.1) is 12.0 Å². The summed E-state index contributed by atoms with van der Waals surface area (Å²) in [4.78, 5) is 14.0. The topological polar surface area (TPSA) is 20.3 Å². The highest BCUT2D eigenvalue weighted by atomic mass is 19.4. The Morgan fingerprint density at radius 1 is 1.23 bits per heavy atom. The molecule has 2 rings (SSSR count). The Morgan fingerprint density at radius 2 is 1.86 bits per heavy atom. The Kier molecular flexibility index (Phi) is 5.14. The number of alkyl halides is 3. The third-order valence-corrected chi connectivity index (χ3v) is 4.54. The molecule has 0 atom stereocenters. The van der Waals surface area contributed by atoms with Gasteiger partial charge in [0, 0.05) is 13.1 Å². The van der Waals surface area contributed by atoms with Gasteiger partial charge in [0.2, 0.25) is 5.91 Å². The fraction of sp³-hybridized carbons (Fsp3) is 0.588. The van der Waals surface area contributed by atoms with Gasteiger partial charge in [-0.05, 0) is 43.2 Å². The second-order valence-corrected chi connectivity index (χ2v) is 6.29. The van der Waals surface area contributed by atoms with Crippen LogP contribution >= 0.6 is 0 Å². The van der Waals surface area contributed by atoms with E-state index in [1.54, 1.807) is 18.0 Å². The molecule has 1 aromatic rings. The molecule has 1 amide bonds. The van der Waals surface area contributed by atoms with Gasteiger partial charge < -0.3 is 4.90 Å². The summed E-state index contributed by atoms with van der Waals surface area (Å²) in [6, 6.07) is 5.24. The number of halogens is 3. The average molecular weight is 313 g/mol. The number of hydrogen-bond acceptors (Lipinski definition) is 1. The van der Waals surface area contributed by atoms with Crippen molar-refractivity contribution < 1.29 is 18.0 Å². The van der Waals surface area contributed by atoms with Crippen LogP contribution in [0.5, 0.6) is 0 Å². The lowest BCUT2D eigenvalue weighted by Gasteiger charge is -2.33. The van der Waals surface area contributed by atoms with Crippen molar-refractivity contribution in [2.24, 2.45) is 5.92 Å². The minimum absolute atomic E-state index is 0.0203. The maximum Gasteiger partial charge on any atom is 0.416 e. The molecule has 5 heteroatoms. The highest BCUT2D eigenvalue weighted by Crippen LogP contribution is 2.30. The highest BCUT2D eigenvalue weighted by molar-refractivity contribution is 5.78. The molecule has 1 aliphatic rings. The van der Waals surface area contributed by atoms with Crippen LogP contribution in [0.3, 0.4) is 0 Å². The second-order valence-electron chi connectivity index (χ2n) is 6.29. The van der Waals surface area contributed by atoms with Gasteiger partial charge >= 0.3 is 6.18 Å². The van der Waals surface area contributed by atoms with Crippen LogP contribution in [0.25, 0.3) is 0 Å². The molecule has 122 valence electrons. The lowest BCUT2D eigenvalue weighted by Crippen LogP contribution is -2.40.